The first-order chi connectivity index (χ1) is 15.9. The van der Waals surface area contributed by atoms with Crippen molar-refractivity contribution >= 4 is 34.1 Å². The molecule has 0 fully saturated rings. The molecule has 4 N–H and O–H groups in total. The number of nitrogens with zero attached hydrogens (tertiary/aromatic N) is 2. The minimum atomic E-state index is -0.651. The molecule has 33 heavy (non-hydrogen) atoms. The maximum absolute atomic E-state index is 12.6. The summed E-state index contributed by atoms with van der Waals surface area (Å²) in [7, 11) is 0. The first-order valence-corrected chi connectivity index (χ1v) is 11.4. The average Bonchev–Trinajstić information content (AvgIpc) is 3.37. The molecule has 0 aliphatic heterocycles. The summed E-state index contributed by atoms with van der Waals surface area (Å²) in [6.07, 6.45) is 0.961. The maximum Gasteiger partial charge on any atom is 0.316 e. The predicted molar refractivity (Wildman–Crippen MR) is 133 cm³/mol. The molecule has 168 valence electrons. The van der Waals surface area contributed by atoms with E-state index in [-0.39, 0.29) is 5.91 Å². The van der Waals surface area contributed by atoms with Gasteiger partial charge in [-0.25, -0.2) is 9.78 Å². The first-order valence-electron chi connectivity index (χ1n) is 10.5. The summed E-state index contributed by atoms with van der Waals surface area (Å²) in [6, 6.07) is 18.4. The number of aryl methyl sites for hydroxylation is 2. The van der Waals surface area contributed by atoms with E-state index in [0.717, 1.165) is 29.9 Å². The minimum absolute atomic E-state index is 0.269. The molecule has 4 aromatic rings. The second-order valence-electron chi connectivity index (χ2n) is 7.73. The van der Waals surface area contributed by atoms with Crippen molar-refractivity contribution < 1.29 is 9.59 Å². The highest BCUT2D eigenvalue weighted by atomic mass is 32.1. The number of amides is 3. The SMILES string of the molecule is Cc1cc(-c2csc(NC(=O)c3ccc(NC(N)=O)cc3)n2)c(C)n1CCc1ccccc1. The van der Waals surface area contributed by atoms with Crippen LogP contribution in [0.1, 0.15) is 27.3 Å². The van der Waals surface area contributed by atoms with E-state index in [4.69, 9.17) is 5.73 Å². The monoisotopic (exact) mass is 459 g/mol. The standard InChI is InChI=1S/C25H25N5O2S/c1-16-14-21(17(2)30(16)13-12-18-6-4-3-5-7-18)22-15-33-25(28-22)29-23(31)19-8-10-20(11-9-19)27-24(26)32/h3-11,14-15H,12-13H2,1-2H3,(H3,26,27,32)(H,28,29,31). The Kier molecular flexibility index (Phi) is 6.55. The average molecular weight is 460 g/mol. The molecule has 3 amide bonds. The van der Waals surface area contributed by atoms with Crippen molar-refractivity contribution in [1.82, 2.24) is 9.55 Å². The lowest BCUT2D eigenvalue weighted by Crippen LogP contribution is -2.19. The minimum Gasteiger partial charge on any atom is -0.351 e. The number of nitrogens with two attached hydrogens (primary N) is 1. The van der Waals surface area contributed by atoms with Gasteiger partial charge in [0.1, 0.15) is 0 Å². The van der Waals surface area contributed by atoms with Crippen LogP contribution >= 0.6 is 11.3 Å². The molecule has 0 bridgehead atoms. The summed E-state index contributed by atoms with van der Waals surface area (Å²) in [6.45, 7) is 5.11. The first kappa shape index (κ1) is 22.3. The number of primary amides is 1. The quantitative estimate of drug-likeness (QED) is 0.353. The summed E-state index contributed by atoms with van der Waals surface area (Å²) >= 11 is 1.39. The molecular weight excluding hydrogens is 434 g/mol. The van der Waals surface area contributed by atoms with Crippen LogP contribution < -0.4 is 16.4 Å². The molecule has 0 spiro atoms. The van der Waals surface area contributed by atoms with Gasteiger partial charge in [0.2, 0.25) is 0 Å². The van der Waals surface area contributed by atoms with Gasteiger partial charge >= 0.3 is 6.03 Å². The number of benzene rings is 2. The lowest BCUT2D eigenvalue weighted by molar-refractivity contribution is 0.102. The summed E-state index contributed by atoms with van der Waals surface area (Å²) in [4.78, 5) is 28.1. The second kappa shape index (κ2) is 9.70. The van der Waals surface area contributed by atoms with E-state index in [1.165, 1.54) is 22.6 Å². The number of carbonyl (C=O) groups excluding carboxylic acids is 2. The Morgan fingerprint density at radius 3 is 2.45 bits per heavy atom. The molecule has 0 radical (unpaired) electrons. The molecule has 0 atom stereocenters. The molecule has 0 saturated heterocycles. The third-order valence-corrected chi connectivity index (χ3v) is 6.21. The Hall–Kier alpha value is -3.91. The van der Waals surface area contributed by atoms with Gasteiger partial charge in [0, 0.05) is 40.1 Å². The van der Waals surface area contributed by atoms with Crippen molar-refractivity contribution in [2.24, 2.45) is 5.73 Å². The number of nitrogens with one attached hydrogen (secondary N) is 2. The van der Waals surface area contributed by atoms with Crippen LogP contribution in [0.15, 0.2) is 66.0 Å². The topological polar surface area (TPSA) is 102 Å². The van der Waals surface area contributed by atoms with Crippen LogP contribution in [0.2, 0.25) is 0 Å². The second-order valence-corrected chi connectivity index (χ2v) is 8.59. The van der Waals surface area contributed by atoms with Crippen LogP contribution in [0.25, 0.3) is 11.3 Å². The highest BCUT2D eigenvalue weighted by Gasteiger charge is 2.15. The Morgan fingerprint density at radius 2 is 1.76 bits per heavy atom. The number of rotatable bonds is 7. The van der Waals surface area contributed by atoms with E-state index >= 15 is 0 Å². The van der Waals surface area contributed by atoms with Crippen LogP contribution in [-0.2, 0) is 13.0 Å². The lowest BCUT2D eigenvalue weighted by Gasteiger charge is -2.09. The van der Waals surface area contributed by atoms with Crippen molar-refractivity contribution in [2.75, 3.05) is 10.6 Å². The maximum atomic E-state index is 12.6. The van der Waals surface area contributed by atoms with E-state index in [2.05, 4.69) is 64.4 Å². The predicted octanol–water partition coefficient (Wildman–Crippen LogP) is 5.21. The highest BCUT2D eigenvalue weighted by molar-refractivity contribution is 7.14. The van der Waals surface area contributed by atoms with E-state index in [1.54, 1.807) is 24.3 Å². The van der Waals surface area contributed by atoms with Crippen LogP contribution in [0.4, 0.5) is 15.6 Å². The normalized spacial score (nSPS) is 10.7. The Labute approximate surface area is 196 Å². The Balaban J connectivity index is 1.44. The van der Waals surface area contributed by atoms with E-state index < -0.39 is 6.03 Å². The van der Waals surface area contributed by atoms with Gasteiger partial charge in [-0.3, -0.25) is 10.1 Å². The fourth-order valence-electron chi connectivity index (χ4n) is 3.76. The number of aromatic nitrogens is 2. The van der Waals surface area contributed by atoms with Crippen molar-refractivity contribution in [2.45, 2.75) is 26.8 Å². The van der Waals surface area contributed by atoms with Crippen LogP contribution in [0.3, 0.4) is 0 Å². The summed E-state index contributed by atoms with van der Waals surface area (Å²) < 4.78 is 2.31. The van der Waals surface area contributed by atoms with Crippen molar-refractivity contribution in [3.8, 4) is 11.3 Å². The van der Waals surface area contributed by atoms with Crippen LogP contribution in [0.5, 0.6) is 0 Å². The van der Waals surface area contributed by atoms with Crippen molar-refractivity contribution in [3.05, 3.63) is 88.6 Å². The van der Waals surface area contributed by atoms with Crippen molar-refractivity contribution in [1.29, 1.82) is 0 Å². The smallest absolute Gasteiger partial charge is 0.316 e. The fraction of sp³-hybridized carbons (Fsp3) is 0.160. The zero-order chi connectivity index (χ0) is 23.4. The molecular formula is C25H25N5O2S. The summed E-state index contributed by atoms with van der Waals surface area (Å²) in [5, 5.41) is 7.80. The number of thiazole rings is 1. The van der Waals surface area contributed by atoms with Gasteiger partial charge in [0.05, 0.1) is 5.69 Å². The molecule has 2 aromatic heterocycles. The van der Waals surface area contributed by atoms with Gasteiger partial charge in [0.15, 0.2) is 5.13 Å². The third kappa shape index (κ3) is 5.30. The molecule has 0 unspecified atom stereocenters. The van der Waals surface area contributed by atoms with Gasteiger partial charge in [-0.15, -0.1) is 11.3 Å². The van der Waals surface area contributed by atoms with E-state index in [9.17, 15) is 9.59 Å². The molecule has 8 heteroatoms. The molecule has 2 heterocycles. The number of hydrogen-bond acceptors (Lipinski definition) is 4. The summed E-state index contributed by atoms with van der Waals surface area (Å²) in [5.41, 5.74) is 11.6. The largest absolute Gasteiger partial charge is 0.351 e. The highest BCUT2D eigenvalue weighted by Crippen LogP contribution is 2.30. The Bertz CT molecular complexity index is 1280. The summed E-state index contributed by atoms with van der Waals surface area (Å²) in [5.74, 6) is -0.269. The molecule has 4 rings (SSSR count). The fourth-order valence-corrected chi connectivity index (χ4v) is 4.47. The van der Waals surface area contributed by atoms with E-state index in [0.29, 0.717) is 16.4 Å². The number of urea groups is 1. The zero-order valence-corrected chi connectivity index (χ0v) is 19.3. The van der Waals surface area contributed by atoms with Gasteiger partial charge in [-0.2, -0.15) is 0 Å². The Morgan fingerprint density at radius 1 is 1.03 bits per heavy atom. The molecule has 0 aliphatic rings. The van der Waals surface area contributed by atoms with Gasteiger partial charge < -0.3 is 15.6 Å². The number of hydrogen-bond donors (Lipinski definition) is 3. The molecule has 7 nitrogen and oxygen atoms in total. The lowest BCUT2D eigenvalue weighted by atomic mass is 10.1. The third-order valence-electron chi connectivity index (χ3n) is 5.46. The van der Waals surface area contributed by atoms with Crippen LogP contribution in [-0.4, -0.2) is 21.5 Å². The van der Waals surface area contributed by atoms with E-state index in [1.807, 2.05) is 11.4 Å². The van der Waals surface area contributed by atoms with Gasteiger partial charge in [-0.1, -0.05) is 30.3 Å². The van der Waals surface area contributed by atoms with Crippen LogP contribution in [0, 0.1) is 13.8 Å². The number of anilines is 2. The molecule has 2 aromatic carbocycles. The van der Waals surface area contributed by atoms with Gasteiger partial charge in [0.25, 0.3) is 5.91 Å². The molecule has 0 aliphatic carbocycles. The van der Waals surface area contributed by atoms with Gasteiger partial charge in [-0.05, 0) is 56.2 Å². The zero-order valence-electron chi connectivity index (χ0n) is 18.5. The van der Waals surface area contributed by atoms with Crippen molar-refractivity contribution in [3.63, 3.8) is 0 Å². The number of carbonyl (C=O) groups is 2. The molecule has 0 saturated carbocycles.